The number of aryl methyl sites for hydroxylation is 1. The highest BCUT2D eigenvalue weighted by Gasteiger charge is 2.35. The molecule has 0 bridgehead atoms. The molecule has 0 saturated carbocycles. The number of likely N-dealkylation sites (tertiary alicyclic amines) is 1. The van der Waals surface area contributed by atoms with E-state index in [9.17, 15) is 4.79 Å². The van der Waals surface area contributed by atoms with Crippen LogP contribution < -0.4 is 10.1 Å². The molecular formula is C19H23N3O2. The van der Waals surface area contributed by atoms with Crippen LogP contribution in [0.15, 0.2) is 48.7 Å². The molecule has 1 aliphatic heterocycles. The van der Waals surface area contributed by atoms with E-state index in [2.05, 4.69) is 28.2 Å². The van der Waals surface area contributed by atoms with E-state index in [1.807, 2.05) is 37.3 Å². The van der Waals surface area contributed by atoms with Crippen LogP contribution >= 0.6 is 0 Å². The van der Waals surface area contributed by atoms with Crippen molar-refractivity contribution < 1.29 is 9.53 Å². The van der Waals surface area contributed by atoms with E-state index in [0.717, 1.165) is 25.3 Å². The molecule has 1 saturated heterocycles. The average Bonchev–Trinajstić information content (AvgIpc) is 2.58. The van der Waals surface area contributed by atoms with Crippen molar-refractivity contribution in [2.45, 2.75) is 32.4 Å². The first-order chi connectivity index (χ1) is 11.7. The Hall–Kier alpha value is -2.40. The van der Waals surface area contributed by atoms with Crippen molar-refractivity contribution in [2.24, 2.45) is 0 Å². The number of carbonyl (C=O) groups is 1. The van der Waals surface area contributed by atoms with Crippen LogP contribution in [0.25, 0.3) is 0 Å². The van der Waals surface area contributed by atoms with Gasteiger partial charge in [0.2, 0.25) is 5.91 Å². The smallest absolute Gasteiger partial charge is 0.242 e. The normalized spacial score (nSPS) is 16.2. The van der Waals surface area contributed by atoms with Gasteiger partial charge in [-0.2, -0.15) is 0 Å². The monoisotopic (exact) mass is 325 g/mol. The van der Waals surface area contributed by atoms with Gasteiger partial charge in [-0.3, -0.25) is 9.69 Å². The Morgan fingerprint density at radius 3 is 2.75 bits per heavy atom. The minimum absolute atomic E-state index is 0.0406. The van der Waals surface area contributed by atoms with Gasteiger partial charge in [0, 0.05) is 19.3 Å². The highest BCUT2D eigenvalue weighted by atomic mass is 16.5. The van der Waals surface area contributed by atoms with Crippen LogP contribution in [0.1, 0.15) is 19.4 Å². The quantitative estimate of drug-likeness (QED) is 0.887. The molecule has 1 fully saturated rings. The Balaban J connectivity index is 1.50. The number of hydrogen-bond acceptors (Lipinski definition) is 4. The van der Waals surface area contributed by atoms with Gasteiger partial charge in [-0.05, 0) is 37.1 Å². The van der Waals surface area contributed by atoms with Crippen molar-refractivity contribution in [2.75, 3.05) is 18.4 Å². The number of rotatable bonds is 6. The zero-order chi connectivity index (χ0) is 16.9. The maximum atomic E-state index is 12.3. The van der Waals surface area contributed by atoms with Gasteiger partial charge in [0.25, 0.3) is 0 Å². The Bertz CT molecular complexity index is 684. The number of amides is 1. The van der Waals surface area contributed by atoms with Gasteiger partial charge in [0.1, 0.15) is 17.7 Å². The zero-order valence-electron chi connectivity index (χ0n) is 14.1. The van der Waals surface area contributed by atoms with E-state index in [1.54, 1.807) is 12.3 Å². The number of hydrogen-bond donors (Lipinski definition) is 1. The first-order valence-corrected chi connectivity index (χ1v) is 8.38. The molecule has 1 atom stereocenters. The lowest BCUT2D eigenvalue weighted by Crippen LogP contribution is -2.59. The minimum atomic E-state index is -0.201. The molecule has 1 aromatic heterocycles. The fourth-order valence-electron chi connectivity index (χ4n) is 2.78. The van der Waals surface area contributed by atoms with Gasteiger partial charge >= 0.3 is 0 Å². The molecular weight excluding hydrogens is 302 g/mol. The predicted octanol–water partition coefficient (Wildman–Crippen LogP) is 2.73. The van der Waals surface area contributed by atoms with Crippen molar-refractivity contribution in [3.63, 3.8) is 0 Å². The summed E-state index contributed by atoms with van der Waals surface area (Å²) in [6, 6.07) is 13.4. The third-order valence-corrected chi connectivity index (χ3v) is 4.37. The van der Waals surface area contributed by atoms with E-state index in [0.29, 0.717) is 5.82 Å². The van der Waals surface area contributed by atoms with Gasteiger partial charge in [-0.15, -0.1) is 0 Å². The van der Waals surface area contributed by atoms with E-state index < -0.39 is 0 Å². The molecule has 126 valence electrons. The van der Waals surface area contributed by atoms with E-state index >= 15 is 0 Å². The first kappa shape index (κ1) is 16.5. The van der Waals surface area contributed by atoms with Gasteiger partial charge in [-0.25, -0.2) is 4.98 Å². The molecule has 1 amide bonds. The number of carbonyl (C=O) groups excluding carboxylic acids is 1. The summed E-state index contributed by atoms with van der Waals surface area (Å²) in [6.07, 6.45) is 2.76. The summed E-state index contributed by atoms with van der Waals surface area (Å²) in [4.78, 5) is 18.5. The van der Waals surface area contributed by atoms with Crippen LogP contribution in [0.5, 0.6) is 5.75 Å². The van der Waals surface area contributed by atoms with Crippen LogP contribution in [0.3, 0.4) is 0 Å². The highest BCUT2D eigenvalue weighted by molar-refractivity contribution is 5.93. The summed E-state index contributed by atoms with van der Waals surface area (Å²) in [6.45, 7) is 5.55. The summed E-state index contributed by atoms with van der Waals surface area (Å²) >= 11 is 0. The molecule has 0 radical (unpaired) electrons. The fourth-order valence-corrected chi connectivity index (χ4v) is 2.78. The summed E-state index contributed by atoms with van der Waals surface area (Å²) in [5.74, 6) is 1.50. The number of pyridine rings is 1. The third-order valence-electron chi connectivity index (χ3n) is 4.37. The number of benzene rings is 1. The number of anilines is 1. The van der Waals surface area contributed by atoms with E-state index in [-0.39, 0.29) is 18.1 Å². The number of para-hydroxylation sites is 1. The second-order valence-corrected chi connectivity index (χ2v) is 6.04. The molecule has 24 heavy (non-hydrogen) atoms. The molecule has 0 spiro atoms. The van der Waals surface area contributed by atoms with Crippen molar-refractivity contribution >= 4 is 11.7 Å². The average molecular weight is 325 g/mol. The second kappa shape index (κ2) is 7.45. The lowest BCUT2D eigenvalue weighted by molar-refractivity contribution is -0.124. The topological polar surface area (TPSA) is 54.5 Å². The number of nitrogens with zero attached hydrogens (tertiary/aromatic N) is 2. The minimum Gasteiger partial charge on any atom is -0.487 e. The van der Waals surface area contributed by atoms with Gasteiger partial charge in [-0.1, -0.05) is 31.2 Å². The van der Waals surface area contributed by atoms with Gasteiger partial charge in [0.05, 0.1) is 6.04 Å². The lowest BCUT2D eigenvalue weighted by Gasteiger charge is -2.42. The predicted molar refractivity (Wildman–Crippen MR) is 94.1 cm³/mol. The Kier molecular flexibility index (Phi) is 5.11. The SMILES string of the molecule is CCc1ccccc1OC1CN(C(C)C(=O)Nc2ccccn2)C1. The molecule has 1 unspecified atom stereocenters. The van der Waals surface area contributed by atoms with Crippen molar-refractivity contribution in [3.8, 4) is 5.75 Å². The van der Waals surface area contributed by atoms with E-state index in [1.165, 1.54) is 5.56 Å². The molecule has 1 aliphatic rings. The Labute approximate surface area is 142 Å². The summed E-state index contributed by atoms with van der Waals surface area (Å²) < 4.78 is 6.07. The summed E-state index contributed by atoms with van der Waals surface area (Å²) in [5, 5.41) is 2.84. The van der Waals surface area contributed by atoms with Crippen LogP contribution in [0, 0.1) is 0 Å². The molecule has 2 aromatic rings. The van der Waals surface area contributed by atoms with E-state index in [4.69, 9.17) is 4.74 Å². The van der Waals surface area contributed by atoms with Gasteiger partial charge in [0.15, 0.2) is 0 Å². The van der Waals surface area contributed by atoms with Crippen LogP contribution in [-0.2, 0) is 11.2 Å². The summed E-state index contributed by atoms with van der Waals surface area (Å²) in [5.41, 5.74) is 1.22. The lowest BCUT2D eigenvalue weighted by atomic mass is 10.1. The molecule has 0 aliphatic carbocycles. The van der Waals surface area contributed by atoms with Crippen LogP contribution in [0.2, 0.25) is 0 Å². The Morgan fingerprint density at radius 1 is 1.29 bits per heavy atom. The fraction of sp³-hybridized carbons (Fsp3) is 0.368. The molecule has 5 nitrogen and oxygen atoms in total. The summed E-state index contributed by atoms with van der Waals surface area (Å²) in [7, 11) is 0. The maximum absolute atomic E-state index is 12.3. The second-order valence-electron chi connectivity index (χ2n) is 6.04. The molecule has 1 N–H and O–H groups in total. The van der Waals surface area contributed by atoms with Gasteiger partial charge < -0.3 is 10.1 Å². The highest BCUT2D eigenvalue weighted by Crippen LogP contribution is 2.24. The van der Waals surface area contributed by atoms with Crippen molar-refractivity contribution in [1.29, 1.82) is 0 Å². The van der Waals surface area contributed by atoms with Crippen molar-refractivity contribution in [3.05, 3.63) is 54.2 Å². The number of ether oxygens (including phenoxy) is 1. The third kappa shape index (κ3) is 3.74. The van der Waals surface area contributed by atoms with Crippen molar-refractivity contribution in [1.82, 2.24) is 9.88 Å². The molecule has 1 aromatic carbocycles. The molecule has 2 heterocycles. The zero-order valence-corrected chi connectivity index (χ0v) is 14.1. The number of aromatic nitrogens is 1. The van der Waals surface area contributed by atoms with Crippen LogP contribution in [-0.4, -0.2) is 41.0 Å². The first-order valence-electron chi connectivity index (χ1n) is 8.38. The number of nitrogens with one attached hydrogen (secondary N) is 1. The Morgan fingerprint density at radius 2 is 2.04 bits per heavy atom. The maximum Gasteiger partial charge on any atom is 0.242 e. The molecule has 5 heteroatoms. The molecule has 3 rings (SSSR count). The van der Waals surface area contributed by atoms with Crippen LogP contribution in [0.4, 0.5) is 5.82 Å². The standard InChI is InChI=1S/C19H23N3O2/c1-3-15-8-4-5-9-17(15)24-16-12-22(13-16)14(2)19(23)21-18-10-6-7-11-20-18/h4-11,14,16H,3,12-13H2,1-2H3,(H,20,21,23). The largest absolute Gasteiger partial charge is 0.487 e.